The largest absolute Gasteiger partial charge is 0.490 e. The van der Waals surface area contributed by atoms with Gasteiger partial charge in [-0.1, -0.05) is 35.5 Å². The molecular weight excluding hydrogens is 516 g/mol. The molecule has 3 aromatic carbocycles. The summed E-state index contributed by atoms with van der Waals surface area (Å²) in [6.07, 6.45) is 1.13. The van der Waals surface area contributed by atoms with Crippen molar-refractivity contribution in [3.8, 4) is 34.7 Å². The molecule has 198 valence electrons. The van der Waals surface area contributed by atoms with Gasteiger partial charge in [-0.2, -0.15) is 10.2 Å². The number of ketones is 1. The number of ether oxygens (including phenoxy) is 1. The maximum absolute atomic E-state index is 13.1. The number of sulfonamides is 1. The Morgan fingerprint density at radius 1 is 1.15 bits per heavy atom. The first-order chi connectivity index (χ1) is 18.7. The van der Waals surface area contributed by atoms with Crippen LogP contribution < -0.4 is 9.46 Å². The van der Waals surface area contributed by atoms with E-state index < -0.39 is 16.1 Å². The second-order valence-electron chi connectivity index (χ2n) is 9.58. The van der Waals surface area contributed by atoms with Crippen LogP contribution in [0, 0.1) is 11.3 Å². The number of carbonyl (C=O) groups excluding carboxylic acids is 1. The number of nitrogens with zero attached hydrogens (tertiary/aromatic N) is 3. The highest BCUT2D eigenvalue weighted by Crippen LogP contribution is 2.38. The van der Waals surface area contributed by atoms with Gasteiger partial charge in [-0.05, 0) is 75.1 Å². The molecule has 0 saturated heterocycles. The lowest BCUT2D eigenvalue weighted by molar-refractivity contribution is 0.101. The van der Waals surface area contributed by atoms with Crippen molar-refractivity contribution in [1.82, 2.24) is 14.9 Å². The molecule has 1 N–H and O–H groups in total. The maximum Gasteiger partial charge on any atom is 0.258 e. The van der Waals surface area contributed by atoms with Crippen LogP contribution in [0.4, 0.5) is 0 Å². The summed E-state index contributed by atoms with van der Waals surface area (Å²) in [5, 5.41) is 13.7. The number of nitriles is 1. The number of nitrogens with one attached hydrogen (secondary N) is 1. The van der Waals surface area contributed by atoms with Crippen molar-refractivity contribution in [2.75, 3.05) is 0 Å². The molecule has 1 aromatic heterocycles. The molecule has 0 bridgehead atoms. The molecular formula is C29H26N4O5S. The molecule has 0 fully saturated rings. The van der Waals surface area contributed by atoms with Crippen molar-refractivity contribution in [2.45, 2.75) is 50.7 Å². The fourth-order valence-electron chi connectivity index (χ4n) is 4.67. The molecule has 9 nitrogen and oxygen atoms in total. The van der Waals surface area contributed by atoms with Gasteiger partial charge in [0, 0.05) is 22.7 Å². The van der Waals surface area contributed by atoms with Crippen LogP contribution in [0.25, 0.3) is 22.8 Å². The Bertz CT molecular complexity index is 1700. The summed E-state index contributed by atoms with van der Waals surface area (Å²) in [5.41, 5.74) is 3.97. The Morgan fingerprint density at radius 3 is 2.62 bits per heavy atom. The highest BCUT2D eigenvalue weighted by Gasteiger charge is 2.30. The second-order valence-corrected chi connectivity index (χ2v) is 11.3. The van der Waals surface area contributed by atoms with E-state index in [4.69, 9.17) is 9.26 Å². The number of hydrogen-bond acceptors (Lipinski definition) is 8. The van der Waals surface area contributed by atoms with E-state index in [1.165, 1.54) is 31.2 Å². The normalized spacial score (nSPS) is 14.7. The number of aromatic nitrogens is 2. The zero-order chi connectivity index (χ0) is 27.7. The molecule has 1 atom stereocenters. The standard InChI is InChI=1S/C29H26N4O5S/c1-17(2)37-27-14-9-20(15-21(27)16-30)29-31-28(32-38-29)25-6-4-5-24-23(25)12-13-26(24)33-39(35,36)22-10-7-19(8-11-22)18(3)34/h4-11,14-15,17,26,33H,12-13H2,1-3H3/t26-/m1/s1. The van der Waals surface area contributed by atoms with Crippen LogP contribution in [0.2, 0.25) is 0 Å². The molecule has 39 heavy (non-hydrogen) atoms. The molecule has 5 rings (SSSR count). The molecule has 0 amide bonds. The van der Waals surface area contributed by atoms with Gasteiger partial charge in [0.15, 0.2) is 5.78 Å². The summed E-state index contributed by atoms with van der Waals surface area (Å²) >= 11 is 0. The summed E-state index contributed by atoms with van der Waals surface area (Å²) in [5.74, 6) is 1.00. The highest BCUT2D eigenvalue weighted by molar-refractivity contribution is 7.89. The van der Waals surface area contributed by atoms with E-state index in [1.807, 2.05) is 32.0 Å². The molecule has 4 aromatic rings. The van der Waals surface area contributed by atoms with Crippen molar-refractivity contribution in [2.24, 2.45) is 0 Å². The van der Waals surface area contributed by atoms with Crippen LogP contribution in [0.3, 0.4) is 0 Å². The Hall–Kier alpha value is -4.33. The maximum atomic E-state index is 13.1. The molecule has 0 radical (unpaired) electrons. The van der Waals surface area contributed by atoms with Crippen molar-refractivity contribution < 1.29 is 22.5 Å². The Kier molecular flexibility index (Phi) is 7.04. The van der Waals surface area contributed by atoms with Gasteiger partial charge in [-0.3, -0.25) is 4.79 Å². The minimum absolute atomic E-state index is 0.0706. The van der Waals surface area contributed by atoms with Gasteiger partial charge < -0.3 is 9.26 Å². The molecule has 1 aliphatic rings. The summed E-state index contributed by atoms with van der Waals surface area (Å²) < 4.78 is 40.1. The Morgan fingerprint density at radius 2 is 1.92 bits per heavy atom. The van der Waals surface area contributed by atoms with Crippen molar-refractivity contribution in [1.29, 1.82) is 5.26 Å². The summed E-state index contributed by atoms with van der Waals surface area (Å²) in [6.45, 7) is 5.21. The van der Waals surface area contributed by atoms with Crippen LogP contribution >= 0.6 is 0 Å². The van der Waals surface area contributed by atoms with E-state index in [1.54, 1.807) is 18.2 Å². The number of Topliss-reactive ketones (excluding diaryl/α,β-unsaturated/α-hetero) is 1. The van der Waals surface area contributed by atoms with E-state index in [9.17, 15) is 18.5 Å². The third-order valence-corrected chi connectivity index (χ3v) is 8.00. The highest BCUT2D eigenvalue weighted by atomic mass is 32.2. The van der Waals surface area contributed by atoms with Crippen LogP contribution in [0.15, 0.2) is 70.1 Å². The van der Waals surface area contributed by atoms with Gasteiger partial charge in [0.25, 0.3) is 5.89 Å². The number of benzene rings is 3. The Labute approximate surface area is 226 Å². The van der Waals surface area contributed by atoms with E-state index >= 15 is 0 Å². The van der Waals surface area contributed by atoms with E-state index in [0.29, 0.717) is 41.1 Å². The predicted octanol–water partition coefficient (Wildman–Crippen LogP) is 5.23. The van der Waals surface area contributed by atoms with Crippen molar-refractivity contribution in [3.05, 3.63) is 82.9 Å². The smallest absolute Gasteiger partial charge is 0.258 e. The number of rotatable bonds is 8. The Balaban J connectivity index is 1.40. The topological polar surface area (TPSA) is 135 Å². The van der Waals surface area contributed by atoms with Crippen LogP contribution in [0.1, 0.15) is 60.3 Å². The van der Waals surface area contributed by atoms with Crippen molar-refractivity contribution in [3.63, 3.8) is 0 Å². The minimum Gasteiger partial charge on any atom is -0.490 e. The van der Waals surface area contributed by atoms with E-state index in [-0.39, 0.29) is 22.7 Å². The summed E-state index contributed by atoms with van der Waals surface area (Å²) in [4.78, 5) is 16.2. The molecule has 0 saturated carbocycles. The zero-order valence-corrected chi connectivity index (χ0v) is 22.5. The first kappa shape index (κ1) is 26.3. The number of hydrogen-bond donors (Lipinski definition) is 1. The average molecular weight is 543 g/mol. The fourth-order valence-corrected chi connectivity index (χ4v) is 5.92. The van der Waals surface area contributed by atoms with Gasteiger partial charge in [0.05, 0.1) is 16.6 Å². The van der Waals surface area contributed by atoms with E-state index in [0.717, 1.165) is 16.7 Å². The molecule has 0 aliphatic heterocycles. The van der Waals surface area contributed by atoms with Gasteiger partial charge in [0.1, 0.15) is 11.8 Å². The lowest BCUT2D eigenvalue weighted by atomic mass is 10.0. The first-order valence-electron chi connectivity index (χ1n) is 12.5. The van der Waals surface area contributed by atoms with Crippen LogP contribution in [-0.2, 0) is 16.4 Å². The quantitative estimate of drug-likeness (QED) is 0.299. The number of carbonyl (C=O) groups is 1. The van der Waals surface area contributed by atoms with Gasteiger partial charge in [0.2, 0.25) is 15.8 Å². The van der Waals surface area contributed by atoms with E-state index in [2.05, 4.69) is 20.9 Å². The third kappa shape index (κ3) is 5.32. The SMILES string of the molecule is CC(=O)c1ccc(S(=O)(=O)N[C@@H]2CCc3c(-c4noc(-c5ccc(OC(C)C)c(C#N)c5)n4)cccc32)cc1. The van der Waals surface area contributed by atoms with Gasteiger partial charge in [-0.15, -0.1) is 0 Å². The van der Waals surface area contributed by atoms with Gasteiger partial charge in [-0.25, -0.2) is 13.1 Å². The molecule has 0 spiro atoms. The van der Waals surface area contributed by atoms with Crippen LogP contribution in [0.5, 0.6) is 5.75 Å². The molecule has 10 heteroatoms. The third-order valence-electron chi connectivity index (χ3n) is 6.52. The minimum atomic E-state index is -3.80. The number of fused-ring (bicyclic) bond motifs is 1. The molecule has 1 aliphatic carbocycles. The van der Waals surface area contributed by atoms with Crippen LogP contribution in [-0.4, -0.2) is 30.4 Å². The predicted molar refractivity (Wildman–Crippen MR) is 143 cm³/mol. The second kappa shape index (κ2) is 10.4. The summed E-state index contributed by atoms with van der Waals surface area (Å²) in [7, 11) is -3.80. The fraction of sp³-hybridized carbons (Fsp3) is 0.241. The average Bonchev–Trinajstić information content (AvgIpc) is 3.56. The lowest BCUT2D eigenvalue weighted by Crippen LogP contribution is -2.27. The van der Waals surface area contributed by atoms with Gasteiger partial charge >= 0.3 is 0 Å². The summed E-state index contributed by atoms with van der Waals surface area (Å²) in [6, 6.07) is 18.3. The van der Waals surface area contributed by atoms with Crippen molar-refractivity contribution >= 4 is 15.8 Å². The zero-order valence-electron chi connectivity index (χ0n) is 21.6. The monoisotopic (exact) mass is 542 g/mol. The molecule has 1 heterocycles. The first-order valence-corrected chi connectivity index (χ1v) is 13.9. The molecule has 0 unspecified atom stereocenters. The lowest BCUT2D eigenvalue weighted by Gasteiger charge is -2.15.